The molecule has 2 rings (SSSR count). The van der Waals surface area contributed by atoms with Crippen molar-refractivity contribution in [2.45, 2.75) is 13.0 Å². The quantitative estimate of drug-likeness (QED) is 0.832. The van der Waals surface area contributed by atoms with E-state index >= 15 is 0 Å². The molecule has 0 unspecified atom stereocenters. The van der Waals surface area contributed by atoms with Gasteiger partial charge in [0.2, 0.25) is 0 Å². The van der Waals surface area contributed by atoms with Crippen molar-refractivity contribution in [1.29, 1.82) is 0 Å². The predicted octanol–water partition coefficient (Wildman–Crippen LogP) is 3.15. The summed E-state index contributed by atoms with van der Waals surface area (Å²) in [6.07, 6.45) is 0.670. The van der Waals surface area contributed by atoms with E-state index in [9.17, 15) is 0 Å². The summed E-state index contributed by atoms with van der Waals surface area (Å²) >= 11 is 3.36. The summed E-state index contributed by atoms with van der Waals surface area (Å²) in [7, 11) is 0. The second-order valence-electron chi connectivity index (χ2n) is 4.26. The average Bonchev–Trinajstić information content (AvgIpc) is 2.42. The van der Waals surface area contributed by atoms with Crippen LogP contribution in [0.25, 0.3) is 0 Å². The summed E-state index contributed by atoms with van der Waals surface area (Å²) in [5, 5.41) is 8.84. The van der Waals surface area contributed by atoms with E-state index in [1.807, 2.05) is 42.5 Å². The molecule has 0 saturated heterocycles. The van der Waals surface area contributed by atoms with Crippen molar-refractivity contribution in [3.8, 4) is 5.75 Å². The van der Waals surface area contributed by atoms with Gasteiger partial charge in [0.15, 0.2) is 0 Å². The van der Waals surface area contributed by atoms with Gasteiger partial charge in [-0.3, -0.25) is 0 Å². The van der Waals surface area contributed by atoms with Crippen LogP contribution in [-0.2, 0) is 13.0 Å². The molecule has 0 bridgehead atoms. The third-order valence-electron chi connectivity index (χ3n) is 2.79. The fourth-order valence-corrected chi connectivity index (χ4v) is 1.98. The molecule has 19 heavy (non-hydrogen) atoms. The molecule has 3 N–H and O–H groups in total. The Labute approximate surface area is 121 Å². The van der Waals surface area contributed by atoms with Crippen LogP contribution in [0.2, 0.25) is 0 Å². The van der Waals surface area contributed by atoms with E-state index in [1.54, 1.807) is 0 Å². The molecule has 100 valence electrons. The topological polar surface area (TPSA) is 55.5 Å². The SMILES string of the molecule is Nc1cc(COc2ccc(CCO)cc2)ccc1Br. The van der Waals surface area contributed by atoms with Gasteiger partial charge in [0.05, 0.1) is 0 Å². The average molecular weight is 322 g/mol. The van der Waals surface area contributed by atoms with Gasteiger partial charge in [0, 0.05) is 16.8 Å². The zero-order valence-corrected chi connectivity index (χ0v) is 12.1. The Morgan fingerprint density at radius 2 is 1.74 bits per heavy atom. The Bertz CT molecular complexity index is 540. The van der Waals surface area contributed by atoms with Crippen molar-refractivity contribution in [2.24, 2.45) is 0 Å². The highest BCUT2D eigenvalue weighted by Gasteiger charge is 2.00. The van der Waals surface area contributed by atoms with Crippen molar-refractivity contribution in [1.82, 2.24) is 0 Å². The first-order valence-electron chi connectivity index (χ1n) is 6.05. The summed E-state index contributed by atoms with van der Waals surface area (Å²) in [4.78, 5) is 0. The molecule has 0 atom stereocenters. The molecule has 0 amide bonds. The van der Waals surface area contributed by atoms with Crippen molar-refractivity contribution < 1.29 is 9.84 Å². The minimum atomic E-state index is 0.165. The summed E-state index contributed by atoms with van der Waals surface area (Å²) in [5.74, 6) is 0.808. The van der Waals surface area contributed by atoms with Crippen LogP contribution < -0.4 is 10.5 Å². The number of nitrogens with two attached hydrogens (primary N) is 1. The smallest absolute Gasteiger partial charge is 0.119 e. The number of benzene rings is 2. The summed E-state index contributed by atoms with van der Waals surface area (Å²) < 4.78 is 6.58. The van der Waals surface area contributed by atoms with E-state index in [0.29, 0.717) is 18.7 Å². The number of nitrogen functional groups attached to an aromatic ring is 1. The Kier molecular flexibility index (Phi) is 4.82. The largest absolute Gasteiger partial charge is 0.489 e. The van der Waals surface area contributed by atoms with Gasteiger partial charge in [0.25, 0.3) is 0 Å². The lowest BCUT2D eigenvalue weighted by Crippen LogP contribution is -1.97. The van der Waals surface area contributed by atoms with E-state index in [0.717, 1.165) is 21.3 Å². The van der Waals surface area contributed by atoms with Crippen molar-refractivity contribution >= 4 is 21.6 Å². The maximum absolute atomic E-state index is 8.84. The van der Waals surface area contributed by atoms with Crippen molar-refractivity contribution in [2.75, 3.05) is 12.3 Å². The lowest BCUT2D eigenvalue weighted by Gasteiger charge is -2.08. The fraction of sp³-hybridized carbons (Fsp3) is 0.200. The third kappa shape index (κ3) is 3.98. The Morgan fingerprint density at radius 3 is 2.37 bits per heavy atom. The molecule has 0 aliphatic heterocycles. The molecule has 0 aliphatic rings. The first-order valence-corrected chi connectivity index (χ1v) is 6.85. The minimum absolute atomic E-state index is 0.165. The number of anilines is 1. The van der Waals surface area contributed by atoms with Gasteiger partial charge >= 0.3 is 0 Å². The van der Waals surface area contributed by atoms with Gasteiger partial charge in [-0.05, 0) is 57.7 Å². The van der Waals surface area contributed by atoms with Crippen LogP contribution in [0.15, 0.2) is 46.9 Å². The van der Waals surface area contributed by atoms with Crippen LogP contribution in [0.1, 0.15) is 11.1 Å². The highest BCUT2D eigenvalue weighted by molar-refractivity contribution is 9.10. The Balaban J connectivity index is 1.96. The number of hydrogen-bond donors (Lipinski definition) is 2. The normalized spacial score (nSPS) is 10.4. The van der Waals surface area contributed by atoms with Gasteiger partial charge in [0.1, 0.15) is 12.4 Å². The van der Waals surface area contributed by atoms with E-state index < -0.39 is 0 Å². The zero-order chi connectivity index (χ0) is 13.7. The number of halogens is 1. The number of aliphatic hydroxyl groups is 1. The molecule has 0 spiro atoms. The number of hydrogen-bond acceptors (Lipinski definition) is 3. The zero-order valence-electron chi connectivity index (χ0n) is 10.5. The number of ether oxygens (including phenoxy) is 1. The first kappa shape index (κ1) is 13.9. The molecule has 2 aromatic rings. The van der Waals surface area contributed by atoms with E-state index in [-0.39, 0.29) is 6.61 Å². The minimum Gasteiger partial charge on any atom is -0.489 e. The maximum Gasteiger partial charge on any atom is 0.119 e. The number of aliphatic hydroxyl groups excluding tert-OH is 1. The second-order valence-corrected chi connectivity index (χ2v) is 5.12. The van der Waals surface area contributed by atoms with E-state index in [1.165, 1.54) is 0 Å². The maximum atomic E-state index is 8.84. The van der Waals surface area contributed by atoms with Gasteiger partial charge in [-0.1, -0.05) is 18.2 Å². The molecule has 0 aliphatic carbocycles. The monoisotopic (exact) mass is 321 g/mol. The molecule has 0 aromatic heterocycles. The summed E-state index contributed by atoms with van der Waals surface area (Å²) in [6, 6.07) is 13.5. The second kappa shape index (κ2) is 6.59. The lowest BCUT2D eigenvalue weighted by molar-refractivity contribution is 0.298. The van der Waals surface area contributed by atoms with Crippen molar-refractivity contribution in [3.63, 3.8) is 0 Å². The standard InChI is InChI=1S/C15H16BrNO2/c16-14-6-3-12(9-15(14)17)10-19-13-4-1-11(2-5-13)7-8-18/h1-6,9,18H,7-8,10,17H2. The molecular weight excluding hydrogens is 306 g/mol. The molecule has 0 fully saturated rings. The van der Waals surface area contributed by atoms with Gasteiger partial charge in [-0.2, -0.15) is 0 Å². The molecule has 0 saturated carbocycles. The lowest BCUT2D eigenvalue weighted by atomic mass is 10.1. The van der Waals surface area contributed by atoms with Gasteiger partial charge < -0.3 is 15.6 Å². The molecule has 3 nitrogen and oxygen atoms in total. The van der Waals surface area contributed by atoms with Gasteiger partial charge in [-0.25, -0.2) is 0 Å². The Morgan fingerprint density at radius 1 is 1.05 bits per heavy atom. The first-order chi connectivity index (χ1) is 9.19. The Hall–Kier alpha value is -1.52. The van der Waals surface area contributed by atoms with Crippen LogP contribution in [0.3, 0.4) is 0 Å². The highest BCUT2D eigenvalue weighted by Crippen LogP contribution is 2.21. The fourth-order valence-electron chi connectivity index (χ4n) is 1.73. The van der Waals surface area contributed by atoms with Crippen LogP contribution in [0.4, 0.5) is 5.69 Å². The molecular formula is C15H16BrNO2. The van der Waals surface area contributed by atoms with Crippen LogP contribution >= 0.6 is 15.9 Å². The highest BCUT2D eigenvalue weighted by atomic mass is 79.9. The summed E-state index contributed by atoms with van der Waals surface area (Å²) in [5.41, 5.74) is 8.65. The van der Waals surface area contributed by atoms with Crippen LogP contribution in [0, 0.1) is 0 Å². The molecule has 2 aromatic carbocycles. The van der Waals surface area contributed by atoms with E-state index in [4.69, 9.17) is 15.6 Å². The van der Waals surface area contributed by atoms with Gasteiger partial charge in [-0.15, -0.1) is 0 Å². The summed E-state index contributed by atoms with van der Waals surface area (Å²) in [6.45, 7) is 0.648. The molecule has 4 heteroatoms. The van der Waals surface area contributed by atoms with E-state index in [2.05, 4.69) is 15.9 Å². The predicted molar refractivity (Wildman–Crippen MR) is 80.1 cm³/mol. The molecule has 0 heterocycles. The third-order valence-corrected chi connectivity index (χ3v) is 3.51. The molecule has 0 radical (unpaired) electrons. The van der Waals surface area contributed by atoms with Crippen LogP contribution in [-0.4, -0.2) is 11.7 Å². The van der Waals surface area contributed by atoms with Crippen molar-refractivity contribution in [3.05, 3.63) is 58.1 Å². The number of rotatable bonds is 5. The van der Waals surface area contributed by atoms with Crippen LogP contribution in [0.5, 0.6) is 5.75 Å².